The van der Waals surface area contributed by atoms with Gasteiger partial charge in [-0.05, 0) is 23.4 Å². The molecule has 2 aromatic rings. The van der Waals surface area contributed by atoms with Crippen LogP contribution in [0.3, 0.4) is 0 Å². The maximum atomic E-state index is 11.6. The van der Waals surface area contributed by atoms with Crippen molar-refractivity contribution in [3.05, 3.63) is 45.7 Å². The van der Waals surface area contributed by atoms with Crippen LogP contribution in [0, 0.1) is 0 Å². The van der Waals surface area contributed by atoms with Gasteiger partial charge in [0.2, 0.25) is 0 Å². The molecule has 0 aliphatic carbocycles. The number of hydrogen-bond donors (Lipinski definition) is 1. The van der Waals surface area contributed by atoms with E-state index in [9.17, 15) is 4.79 Å². The van der Waals surface area contributed by atoms with Gasteiger partial charge in [-0.15, -0.1) is 11.6 Å². The number of rotatable bonds is 2. The first-order chi connectivity index (χ1) is 7.26. The van der Waals surface area contributed by atoms with E-state index in [4.69, 9.17) is 11.6 Å². The zero-order valence-corrected chi connectivity index (χ0v) is 9.27. The molecule has 0 saturated carbocycles. The number of aromatic amines is 1. The fourth-order valence-corrected chi connectivity index (χ4v) is 1.93. The number of para-hydroxylation sites is 1. The number of aromatic nitrogens is 1. The Balaban J connectivity index is 2.80. The smallest absolute Gasteiger partial charge is 0.252 e. The standard InChI is InChI=1S/C12H12ClNO/c1-2-8-4-3-5-9-6-10(7-13)12(15)14-11(8)9/h3-6H,2,7H2,1H3,(H,14,15). The average Bonchev–Trinajstić information content (AvgIpc) is 2.27. The Morgan fingerprint density at radius 3 is 2.80 bits per heavy atom. The minimum atomic E-state index is -0.0848. The summed E-state index contributed by atoms with van der Waals surface area (Å²) in [4.78, 5) is 14.5. The molecule has 0 fully saturated rings. The second-order valence-corrected chi connectivity index (χ2v) is 3.76. The van der Waals surface area contributed by atoms with Gasteiger partial charge in [0, 0.05) is 5.56 Å². The van der Waals surface area contributed by atoms with E-state index < -0.39 is 0 Å². The Bertz CT molecular complexity index is 545. The van der Waals surface area contributed by atoms with E-state index in [1.54, 1.807) is 0 Å². The maximum Gasteiger partial charge on any atom is 0.252 e. The van der Waals surface area contributed by atoms with E-state index in [0.29, 0.717) is 5.56 Å². The van der Waals surface area contributed by atoms with Crippen molar-refractivity contribution in [2.45, 2.75) is 19.2 Å². The summed E-state index contributed by atoms with van der Waals surface area (Å²) in [6, 6.07) is 7.87. The zero-order valence-electron chi connectivity index (χ0n) is 8.51. The number of nitrogens with one attached hydrogen (secondary N) is 1. The summed E-state index contributed by atoms with van der Waals surface area (Å²) in [7, 11) is 0. The Morgan fingerprint density at radius 1 is 1.33 bits per heavy atom. The lowest BCUT2D eigenvalue weighted by molar-refractivity contribution is 1.13. The monoisotopic (exact) mass is 221 g/mol. The number of hydrogen-bond acceptors (Lipinski definition) is 1. The summed E-state index contributed by atoms with van der Waals surface area (Å²) in [5.41, 5.74) is 2.63. The number of aryl methyl sites for hydroxylation is 1. The number of pyridine rings is 1. The Kier molecular flexibility index (Phi) is 2.78. The molecule has 1 N–H and O–H groups in total. The van der Waals surface area contributed by atoms with Gasteiger partial charge in [-0.2, -0.15) is 0 Å². The van der Waals surface area contributed by atoms with Crippen molar-refractivity contribution in [2.75, 3.05) is 0 Å². The predicted molar refractivity (Wildman–Crippen MR) is 63.5 cm³/mol. The highest BCUT2D eigenvalue weighted by Gasteiger charge is 2.04. The molecule has 0 unspecified atom stereocenters. The molecule has 1 heterocycles. The van der Waals surface area contributed by atoms with Gasteiger partial charge in [-0.3, -0.25) is 4.79 Å². The molecule has 0 amide bonds. The van der Waals surface area contributed by atoms with Crippen molar-refractivity contribution in [1.82, 2.24) is 4.98 Å². The van der Waals surface area contributed by atoms with Crippen molar-refractivity contribution >= 4 is 22.5 Å². The molecular formula is C12H12ClNO. The predicted octanol–water partition coefficient (Wildman–Crippen LogP) is 2.83. The number of alkyl halides is 1. The van der Waals surface area contributed by atoms with Gasteiger partial charge >= 0.3 is 0 Å². The molecule has 15 heavy (non-hydrogen) atoms. The molecule has 0 aliphatic rings. The molecule has 0 radical (unpaired) electrons. The second-order valence-electron chi connectivity index (χ2n) is 3.49. The average molecular weight is 222 g/mol. The summed E-state index contributed by atoms with van der Waals surface area (Å²) < 4.78 is 0. The molecule has 0 bridgehead atoms. The Morgan fingerprint density at radius 2 is 2.13 bits per heavy atom. The fourth-order valence-electron chi connectivity index (χ4n) is 1.73. The van der Waals surface area contributed by atoms with Crippen LogP contribution in [0.2, 0.25) is 0 Å². The van der Waals surface area contributed by atoms with E-state index in [1.807, 2.05) is 24.3 Å². The summed E-state index contributed by atoms with van der Waals surface area (Å²) >= 11 is 5.69. The topological polar surface area (TPSA) is 32.9 Å². The third-order valence-electron chi connectivity index (χ3n) is 2.57. The molecule has 0 saturated heterocycles. The van der Waals surface area contributed by atoms with E-state index in [1.165, 1.54) is 0 Å². The summed E-state index contributed by atoms with van der Waals surface area (Å²) in [6.07, 6.45) is 0.910. The van der Waals surface area contributed by atoms with Crippen LogP contribution in [0.5, 0.6) is 0 Å². The van der Waals surface area contributed by atoms with Gasteiger partial charge in [0.1, 0.15) is 0 Å². The molecule has 1 aromatic carbocycles. The molecule has 3 heteroatoms. The molecule has 2 nitrogen and oxygen atoms in total. The van der Waals surface area contributed by atoms with Gasteiger partial charge in [-0.25, -0.2) is 0 Å². The Labute approximate surface area is 92.9 Å². The number of H-pyrrole nitrogens is 1. The summed E-state index contributed by atoms with van der Waals surface area (Å²) in [5, 5.41) is 1.05. The van der Waals surface area contributed by atoms with Crippen LogP contribution in [0.4, 0.5) is 0 Å². The van der Waals surface area contributed by atoms with E-state index in [0.717, 1.165) is 22.9 Å². The van der Waals surface area contributed by atoms with E-state index >= 15 is 0 Å². The number of fused-ring (bicyclic) bond motifs is 1. The van der Waals surface area contributed by atoms with E-state index in [2.05, 4.69) is 11.9 Å². The summed E-state index contributed by atoms with van der Waals surface area (Å²) in [6.45, 7) is 2.07. The minimum Gasteiger partial charge on any atom is -0.321 e. The first-order valence-corrected chi connectivity index (χ1v) is 5.49. The molecule has 0 aliphatic heterocycles. The van der Waals surface area contributed by atoms with Crippen LogP contribution in [-0.2, 0) is 12.3 Å². The van der Waals surface area contributed by atoms with Gasteiger partial charge in [0.15, 0.2) is 0 Å². The quantitative estimate of drug-likeness (QED) is 0.778. The second kappa shape index (κ2) is 4.07. The van der Waals surface area contributed by atoms with Crippen LogP contribution in [0.15, 0.2) is 29.1 Å². The third kappa shape index (κ3) is 1.77. The van der Waals surface area contributed by atoms with Crippen LogP contribution < -0.4 is 5.56 Å². The van der Waals surface area contributed by atoms with Gasteiger partial charge in [0.25, 0.3) is 5.56 Å². The molecule has 0 atom stereocenters. The van der Waals surface area contributed by atoms with Crippen LogP contribution >= 0.6 is 11.6 Å². The molecular weight excluding hydrogens is 210 g/mol. The number of halogens is 1. The first kappa shape index (κ1) is 10.2. The third-order valence-corrected chi connectivity index (χ3v) is 2.86. The summed E-state index contributed by atoms with van der Waals surface area (Å²) in [5.74, 6) is 0.252. The molecule has 0 spiro atoms. The van der Waals surface area contributed by atoms with Gasteiger partial charge in [0.05, 0.1) is 11.4 Å². The SMILES string of the molecule is CCc1cccc2cc(CCl)c(=O)[nH]c12. The highest BCUT2D eigenvalue weighted by Crippen LogP contribution is 2.16. The van der Waals surface area contributed by atoms with E-state index in [-0.39, 0.29) is 11.4 Å². The fraction of sp³-hybridized carbons (Fsp3) is 0.250. The zero-order chi connectivity index (χ0) is 10.8. The molecule has 78 valence electrons. The molecule has 2 rings (SSSR count). The lowest BCUT2D eigenvalue weighted by Crippen LogP contribution is -2.11. The van der Waals surface area contributed by atoms with Crippen molar-refractivity contribution in [3.63, 3.8) is 0 Å². The lowest BCUT2D eigenvalue weighted by Gasteiger charge is -2.04. The molecule has 1 aromatic heterocycles. The van der Waals surface area contributed by atoms with Gasteiger partial charge < -0.3 is 4.98 Å². The largest absolute Gasteiger partial charge is 0.321 e. The van der Waals surface area contributed by atoms with Crippen LogP contribution in [0.25, 0.3) is 10.9 Å². The number of benzene rings is 1. The van der Waals surface area contributed by atoms with Crippen LogP contribution in [0.1, 0.15) is 18.1 Å². The lowest BCUT2D eigenvalue weighted by atomic mass is 10.1. The van der Waals surface area contributed by atoms with Crippen molar-refractivity contribution in [2.24, 2.45) is 0 Å². The maximum absolute atomic E-state index is 11.6. The Hall–Kier alpha value is -1.28. The normalized spacial score (nSPS) is 10.8. The van der Waals surface area contributed by atoms with Gasteiger partial charge in [-0.1, -0.05) is 25.1 Å². The van der Waals surface area contributed by atoms with Crippen molar-refractivity contribution in [3.8, 4) is 0 Å². The highest BCUT2D eigenvalue weighted by atomic mass is 35.5. The van der Waals surface area contributed by atoms with Crippen molar-refractivity contribution < 1.29 is 0 Å². The van der Waals surface area contributed by atoms with Crippen LogP contribution in [-0.4, -0.2) is 4.98 Å². The highest BCUT2D eigenvalue weighted by molar-refractivity contribution is 6.17. The first-order valence-electron chi connectivity index (χ1n) is 4.96. The van der Waals surface area contributed by atoms with Crippen molar-refractivity contribution in [1.29, 1.82) is 0 Å². The minimum absolute atomic E-state index is 0.0848.